The molecular weight excluding hydrogens is 378 g/mol. The van der Waals surface area contributed by atoms with E-state index >= 15 is 0 Å². The van der Waals surface area contributed by atoms with Crippen molar-refractivity contribution in [3.8, 4) is 5.69 Å². The van der Waals surface area contributed by atoms with E-state index in [0.29, 0.717) is 5.71 Å². The molecule has 7 nitrogen and oxygen atoms in total. The number of benzene rings is 2. The second-order valence-corrected chi connectivity index (χ2v) is 6.89. The predicted molar refractivity (Wildman–Crippen MR) is 119 cm³/mol. The van der Waals surface area contributed by atoms with E-state index in [4.69, 9.17) is 10.1 Å². The zero-order valence-corrected chi connectivity index (χ0v) is 16.6. The fourth-order valence-electron chi connectivity index (χ4n) is 3.34. The molecule has 1 aliphatic heterocycles. The largest absolute Gasteiger partial charge is 0.378 e. The lowest BCUT2D eigenvalue weighted by Gasteiger charge is -2.28. The maximum Gasteiger partial charge on any atom is 0.209 e. The molecule has 30 heavy (non-hydrogen) atoms. The van der Waals surface area contributed by atoms with Gasteiger partial charge in [-0.1, -0.05) is 18.2 Å². The first kappa shape index (κ1) is 19.7. The monoisotopic (exact) mass is 401 g/mol. The quantitative estimate of drug-likeness (QED) is 0.643. The number of para-hydroxylation sites is 1. The Morgan fingerprint density at radius 2 is 1.73 bits per heavy atom. The summed E-state index contributed by atoms with van der Waals surface area (Å²) < 4.78 is 7.08. The van der Waals surface area contributed by atoms with E-state index in [1.54, 1.807) is 10.9 Å². The topological polar surface area (TPSA) is 83.6 Å². The van der Waals surface area contributed by atoms with E-state index in [-0.39, 0.29) is 17.5 Å². The molecule has 1 aliphatic rings. The highest BCUT2D eigenvalue weighted by Gasteiger charge is 2.13. The van der Waals surface area contributed by atoms with Crippen LogP contribution in [-0.4, -0.2) is 48.0 Å². The summed E-state index contributed by atoms with van der Waals surface area (Å²) in [5, 5.41) is 12.0. The standard InChI is InChI=1S/C23H23N5O2/c24-12-10-21(25-18-4-2-1-3-5-18)23-22(29)11-13-28(26-23)20-8-6-19(7-9-20)27-14-16-30-17-15-27/h1-9,11-13,24H,10,14-17H2. The minimum atomic E-state index is -0.215. The minimum Gasteiger partial charge on any atom is -0.378 e. The molecule has 0 saturated carbocycles. The van der Waals surface area contributed by atoms with Crippen molar-refractivity contribution < 1.29 is 4.74 Å². The average Bonchev–Trinajstić information content (AvgIpc) is 2.81. The van der Waals surface area contributed by atoms with E-state index in [1.165, 1.54) is 12.3 Å². The van der Waals surface area contributed by atoms with Gasteiger partial charge in [-0.05, 0) is 36.4 Å². The Labute approximate surface area is 174 Å². The minimum absolute atomic E-state index is 0.215. The first-order valence-corrected chi connectivity index (χ1v) is 9.89. The summed E-state index contributed by atoms with van der Waals surface area (Å²) in [5.41, 5.74) is 3.22. The average molecular weight is 401 g/mol. The van der Waals surface area contributed by atoms with Gasteiger partial charge in [0.1, 0.15) is 0 Å². The Bertz CT molecular complexity index is 1080. The van der Waals surface area contributed by atoms with Crippen molar-refractivity contribution in [1.29, 1.82) is 5.41 Å². The summed E-state index contributed by atoms with van der Waals surface area (Å²) in [7, 11) is 0. The summed E-state index contributed by atoms with van der Waals surface area (Å²) in [5.74, 6) is 0. The van der Waals surface area contributed by atoms with E-state index < -0.39 is 0 Å². The van der Waals surface area contributed by atoms with Gasteiger partial charge >= 0.3 is 0 Å². The molecular formula is C23H23N5O2. The maximum absolute atomic E-state index is 12.5. The molecule has 1 aromatic heterocycles. The highest BCUT2D eigenvalue weighted by molar-refractivity contribution is 6.06. The number of morpholine rings is 1. The molecule has 3 aromatic rings. The highest BCUT2D eigenvalue weighted by Crippen LogP contribution is 2.18. The van der Waals surface area contributed by atoms with Crippen LogP contribution in [0.5, 0.6) is 0 Å². The predicted octanol–water partition coefficient (Wildman–Crippen LogP) is 3.23. The second-order valence-electron chi connectivity index (χ2n) is 6.89. The molecule has 152 valence electrons. The highest BCUT2D eigenvalue weighted by atomic mass is 16.5. The lowest BCUT2D eigenvalue weighted by Crippen LogP contribution is -2.36. The Morgan fingerprint density at radius 3 is 2.43 bits per heavy atom. The van der Waals surface area contributed by atoms with Crippen LogP contribution in [0.15, 0.2) is 76.6 Å². The molecule has 7 heteroatoms. The van der Waals surface area contributed by atoms with Crippen LogP contribution in [0.4, 0.5) is 11.4 Å². The van der Waals surface area contributed by atoms with Gasteiger partial charge in [0.05, 0.1) is 30.3 Å². The lowest BCUT2D eigenvalue weighted by molar-refractivity contribution is 0.122. The Morgan fingerprint density at radius 1 is 1.03 bits per heavy atom. The van der Waals surface area contributed by atoms with Crippen molar-refractivity contribution in [2.24, 2.45) is 4.99 Å². The molecule has 0 amide bonds. The molecule has 0 radical (unpaired) electrons. The number of hydrogen-bond donors (Lipinski definition) is 1. The third-order valence-corrected chi connectivity index (χ3v) is 4.89. The number of rotatable bonds is 6. The molecule has 2 heterocycles. The van der Waals surface area contributed by atoms with Crippen molar-refractivity contribution in [2.75, 3.05) is 31.2 Å². The van der Waals surface area contributed by atoms with Crippen molar-refractivity contribution in [3.05, 3.63) is 82.8 Å². The smallest absolute Gasteiger partial charge is 0.209 e. The second kappa shape index (κ2) is 9.28. The first-order chi connectivity index (χ1) is 14.7. The summed E-state index contributed by atoms with van der Waals surface area (Å²) in [6, 6.07) is 18.9. The summed E-state index contributed by atoms with van der Waals surface area (Å²) in [6.07, 6.45) is 3.12. The Balaban J connectivity index is 1.66. The van der Waals surface area contributed by atoms with Gasteiger partial charge in [0.15, 0.2) is 5.69 Å². The van der Waals surface area contributed by atoms with Gasteiger partial charge in [-0.2, -0.15) is 5.10 Å². The molecule has 0 bridgehead atoms. The number of nitrogens with zero attached hydrogens (tertiary/aromatic N) is 4. The van der Waals surface area contributed by atoms with Crippen LogP contribution in [0.2, 0.25) is 0 Å². The summed E-state index contributed by atoms with van der Waals surface area (Å²) >= 11 is 0. The van der Waals surface area contributed by atoms with E-state index in [0.717, 1.165) is 43.4 Å². The van der Waals surface area contributed by atoms with Crippen LogP contribution < -0.4 is 10.3 Å². The maximum atomic E-state index is 12.5. The number of aliphatic imine (C=N–C) groups is 1. The molecule has 0 aliphatic carbocycles. The molecule has 1 N–H and O–H groups in total. The SMILES string of the molecule is N=CCC(=Nc1ccccc1)c1nn(-c2ccc(N3CCOCC3)cc2)ccc1=O. The summed E-state index contributed by atoms with van der Waals surface area (Å²) in [4.78, 5) is 19.4. The van der Waals surface area contributed by atoms with Crippen molar-refractivity contribution in [3.63, 3.8) is 0 Å². The third-order valence-electron chi connectivity index (χ3n) is 4.89. The zero-order chi connectivity index (χ0) is 20.8. The number of hydrogen-bond acceptors (Lipinski definition) is 6. The van der Waals surface area contributed by atoms with Gasteiger partial charge in [0.25, 0.3) is 0 Å². The Hall–Kier alpha value is -3.58. The van der Waals surface area contributed by atoms with Crippen molar-refractivity contribution in [2.45, 2.75) is 6.42 Å². The van der Waals surface area contributed by atoms with Crippen LogP contribution in [-0.2, 0) is 4.74 Å². The third kappa shape index (κ3) is 4.52. The molecule has 0 spiro atoms. The molecule has 1 fully saturated rings. The van der Waals surface area contributed by atoms with Crippen LogP contribution in [0.25, 0.3) is 5.69 Å². The van der Waals surface area contributed by atoms with Gasteiger partial charge in [-0.25, -0.2) is 4.68 Å². The van der Waals surface area contributed by atoms with E-state index in [1.807, 2.05) is 42.5 Å². The van der Waals surface area contributed by atoms with Gasteiger partial charge in [0, 0.05) is 43.7 Å². The van der Waals surface area contributed by atoms with Crippen LogP contribution in [0.1, 0.15) is 12.1 Å². The van der Waals surface area contributed by atoms with Gasteiger partial charge in [-0.3, -0.25) is 9.79 Å². The van der Waals surface area contributed by atoms with Crippen LogP contribution in [0, 0.1) is 5.41 Å². The lowest BCUT2D eigenvalue weighted by atomic mass is 10.2. The van der Waals surface area contributed by atoms with Crippen LogP contribution in [0.3, 0.4) is 0 Å². The van der Waals surface area contributed by atoms with Crippen LogP contribution >= 0.6 is 0 Å². The number of ether oxygens (including phenoxy) is 1. The molecule has 0 unspecified atom stereocenters. The zero-order valence-electron chi connectivity index (χ0n) is 16.6. The first-order valence-electron chi connectivity index (χ1n) is 9.89. The van der Waals surface area contributed by atoms with E-state index in [2.05, 4.69) is 27.1 Å². The molecule has 1 saturated heterocycles. The van der Waals surface area contributed by atoms with E-state index in [9.17, 15) is 4.79 Å². The van der Waals surface area contributed by atoms with Gasteiger partial charge < -0.3 is 15.0 Å². The number of nitrogens with one attached hydrogen (secondary N) is 1. The summed E-state index contributed by atoms with van der Waals surface area (Å²) in [6.45, 7) is 3.23. The number of anilines is 1. The van der Waals surface area contributed by atoms with Crippen molar-refractivity contribution in [1.82, 2.24) is 9.78 Å². The normalized spacial score (nSPS) is 14.5. The van der Waals surface area contributed by atoms with Gasteiger partial charge in [-0.15, -0.1) is 0 Å². The van der Waals surface area contributed by atoms with Crippen molar-refractivity contribution >= 4 is 23.3 Å². The Kier molecular flexibility index (Phi) is 6.10. The molecule has 4 rings (SSSR count). The molecule has 0 atom stereocenters. The number of aromatic nitrogens is 2. The van der Waals surface area contributed by atoms with Gasteiger partial charge in [0.2, 0.25) is 5.43 Å². The molecule has 2 aromatic carbocycles. The fraction of sp³-hybridized carbons (Fsp3) is 0.217. The fourth-order valence-corrected chi connectivity index (χ4v) is 3.34.